The fourth-order valence-corrected chi connectivity index (χ4v) is 5.48. The lowest BCUT2D eigenvalue weighted by Crippen LogP contribution is -2.50. The maximum absolute atomic E-state index is 12.9. The van der Waals surface area contributed by atoms with E-state index in [1.54, 1.807) is 33.4 Å². The Morgan fingerprint density at radius 3 is 1.22 bits per heavy atom. The topological polar surface area (TPSA) is 268 Å². The molecule has 2 aromatic heterocycles. The Balaban J connectivity index is 1.61. The van der Waals surface area contributed by atoms with Gasteiger partial charge in [0.05, 0.1) is 39.3 Å². The van der Waals surface area contributed by atoms with E-state index in [9.17, 15) is 49.6 Å². The van der Waals surface area contributed by atoms with Gasteiger partial charge in [-0.1, -0.05) is 0 Å². The number of aromatic nitrogens is 4. The molecule has 22 heteroatoms. The number of carbonyl (C=O) groups excluding carboxylic acids is 2. The first-order valence-corrected chi connectivity index (χ1v) is 15.9. The molecule has 50 heavy (non-hydrogen) atoms. The van der Waals surface area contributed by atoms with Crippen molar-refractivity contribution in [1.29, 1.82) is 0 Å². The van der Waals surface area contributed by atoms with E-state index in [0.717, 1.165) is 12.4 Å². The number of hydrogen-bond donors (Lipinski definition) is 4. The van der Waals surface area contributed by atoms with E-state index in [1.165, 1.54) is 9.13 Å². The van der Waals surface area contributed by atoms with Crippen LogP contribution in [0.25, 0.3) is 0 Å². The Kier molecular flexibility index (Phi) is 15.1. The van der Waals surface area contributed by atoms with Crippen LogP contribution in [-0.2, 0) is 32.3 Å². The molecule has 2 aromatic rings. The Labute approximate surface area is 286 Å². The van der Waals surface area contributed by atoms with E-state index >= 15 is 0 Å². The first-order chi connectivity index (χ1) is 23.7. The van der Waals surface area contributed by atoms with Crippen LogP contribution in [0.2, 0.25) is 0 Å². The maximum atomic E-state index is 12.9. The number of carbonyl (C=O) groups is 4. The van der Waals surface area contributed by atoms with Crippen LogP contribution < -0.4 is 10.6 Å². The van der Waals surface area contributed by atoms with Gasteiger partial charge < -0.3 is 41.1 Å². The van der Waals surface area contributed by atoms with Gasteiger partial charge in [-0.15, -0.1) is 0 Å². The summed E-state index contributed by atoms with van der Waals surface area (Å²) >= 11 is 0. The third-order valence-corrected chi connectivity index (χ3v) is 8.14. The maximum Gasteiger partial charge on any atom is 0.342 e. The van der Waals surface area contributed by atoms with Gasteiger partial charge in [0.25, 0.3) is 0 Å². The number of nitrogens with one attached hydrogen (secondary N) is 2. The molecule has 3 heterocycles. The van der Waals surface area contributed by atoms with Gasteiger partial charge in [-0.3, -0.25) is 38.8 Å². The minimum Gasteiger partial charge on any atom is -0.480 e. The van der Waals surface area contributed by atoms with Gasteiger partial charge in [0, 0.05) is 66.2 Å². The summed E-state index contributed by atoms with van der Waals surface area (Å²) in [6, 6.07) is 0. The number of nitro groups is 2. The third kappa shape index (κ3) is 12.8. The number of hydrogen-bond acceptors (Lipinski definition) is 14. The van der Waals surface area contributed by atoms with E-state index in [0.29, 0.717) is 11.6 Å². The van der Waals surface area contributed by atoms with Gasteiger partial charge >= 0.3 is 23.6 Å². The van der Waals surface area contributed by atoms with Crippen molar-refractivity contribution in [3.8, 4) is 0 Å². The summed E-state index contributed by atoms with van der Waals surface area (Å²) in [6.45, 7) is 5.22. The van der Waals surface area contributed by atoms with Crippen molar-refractivity contribution in [3.05, 3.63) is 44.3 Å². The zero-order valence-corrected chi connectivity index (χ0v) is 28.1. The molecule has 0 spiro atoms. The lowest BCUT2D eigenvalue weighted by Gasteiger charge is -2.33. The van der Waals surface area contributed by atoms with Gasteiger partial charge in [0.2, 0.25) is 11.8 Å². The highest BCUT2D eigenvalue weighted by molar-refractivity contribution is 5.78. The average Bonchev–Trinajstić information content (AvgIpc) is 3.59. The Morgan fingerprint density at radius 1 is 0.640 bits per heavy atom. The number of amides is 2. The molecule has 1 aliphatic rings. The van der Waals surface area contributed by atoms with Crippen LogP contribution >= 0.6 is 0 Å². The molecule has 1 aliphatic heterocycles. The number of carboxylic acids is 2. The molecular formula is C28H44N12O10. The van der Waals surface area contributed by atoms with Gasteiger partial charge in [-0.2, -0.15) is 0 Å². The van der Waals surface area contributed by atoms with Gasteiger partial charge in [-0.05, 0) is 9.85 Å². The van der Waals surface area contributed by atoms with Crippen molar-refractivity contribution in [1.82, 2.24) is 49.3 Å². The molecule has 4 N–H and O–H groups in total. The zero-order chi connectivity index (χ0) is 36.8. The summed E-state index contributed by atoms with van der Waals surface area (Å²) in [4.78, 5) is 85.3. The predicted octanol–water partition coefficient (Wildman–Crippen LogP) is -2.16. The fraction of sp³-hybridized carbons (Fsp3) is 0.643. The average molecular weight is 709 g/mol. The van der Waals surface area contributed by atoms with Gasteiger partial charge in [0.1, 0.15) is 25.5 Å². The van der Waals surface area contributed by atoms with Crippen LogP contribution in [-0.4, -0.2) is 174 Å². The number of carboxylic acid groups (broad SMARTS) is 2. The minimum absolute atomic E-state index is 0.0686. The SMILES string of the molecule is Cc1ncc([N+](=O)[O-])n1CCNC(=O)CN1CCN(CC(=O)O)CCN(CC(=O)NCCn2c([N+](=O)[O-])cnc2C)CCN(CC(=O)O)CC1. The smallest absolute Gasteiger partial charge is 0.342 e. The molecule has 1 saturated heterocycles. The highest BCUT2D eigenvalue weighted by Crippen LogP contribution is 2.13. The molecule has 22 nitrogen and oxygen atoms in total. The molecular weight excluding hydrogens is 664 g/mol. The van der Waals surface area contributed by atoms with Crippen LogP contribution in [0.15, 0.2) is 12.4 Å². The summed E-state index contributed by atoms with van der Waals surface area (Å²) in [6.07, 6.45) is 2.30. The van der Waals surface area contributed by atoms with Gasteiger partial charge in [-0.25, -0.2) is 19.1 Å². The quantitative estimate of drug-likeness (QED) is 0.107. The minimum atomic E-state index is -1.05. The number of aliphatic carboxylic acids is 2. The van der Waals surface area contributed by atoms with E-state index in [4.69, 9.17) is 0 Å². The molecule has 0 radical (unpaired) electrons. The molecule has 0 aromatic carbocycles. The van der Waals surface area contributed by atoms with E-state index in [2.05, 4.69) is 20.6 Å². The standard InChI is InChI=1S/C28H44N12O10/c1-21-31-15-25(39(47)48)37(21)5-3-29-23(41)17-33-7-11-35(19-27(43)44)13-9-34(10-14-36(12-8-33)20-28(45)46)18-24(42)30-4-6-38-22(2)32-16-26(38)40(49)50/h15-16H,3-14,17-20H2,1-2H3,(H,29,41)(H,30,42)(H,43,44)(H,45,46). The molecule has 0 atom stereocenters. The summed E-state index contributed by atoms with van der Waals surface area (Å²) in [7, 11) is 0. The molecule has 0 unspecified atom stereocenters. The second-order valence-corrected chi connectivity index (χ2v) is 11.7. The Bertz CT molecular complexity index is 1390. The summed E-state index contributed by atoms with van der Waals surface area (Å²) < 4.78 is 2.76. The molecule has 3 rings (SSSR count). The summed E-state index contributed by atoms with van der Waals surface area (Å²) in [5.41, 5.74) is 0. The monoisotopic (exact) mass is 708 g/mol. The predicted molar refractivity (Wildman–Crippen MR) is 174 cm³/mol. The normalized spacial score (nSPS) is 15.9. The second kappa shape index (κ2) is 19.2. The number of aryl methyl sites for hydroxylation is 2. The van der Waals surface area contributed by atoms with Crippen molar-refractivity contribution in [2.24, 2.45) is 0 Å². The third-order valence-electron chi connectivity index (χ3n) is 8.14. The zero-order valence-electron chi connectivity index (χ0n) is 28.1. The summed E-state index contributed by atoms with van der Waals surface area (Å²) in [5, 5.41) is 47.1. The molecule has 276 valence electrons. The van der Waals surface area contributed by atoms with Crippen LogP contribution in [0.5, 0.6) is 0 Å². The second-order valence-electron chi connectivity index (χ2n) is 11.7. The first-order valence-electron chi connectivity index (χ1n) is 15.9. The van der Waals surface area contributed by atoms with Crippen molar-refractivity contribution < 1.29 is 39.2 Å². The molecule has 1 fully saturated rings. The van der Waals surface area contributed by atoms with Gasteiger partial charge in [0.15, 0.2) is 11.6 Å². The Morgan fingerprint density at radius 2 is 0.940 bits per heavy atom. The van der Waals surface area contributed by atoms with E-state index < -0.39 is 21.8 Å². The highest BCUT2D eigenvalue weighted by Gasteiger charge is 2.23. The number of nitrogens with zero attached hydrogens (tertiary/aromatic N) is 10. The lowest BCUT2D eigenvalue weighted by atomic mass is 10.3. The van der Waals surface area contributed by atoms with Crippen LogP contribution in [0, 0.1) is 34.1 Å². The number of imidazole rings is 2. The largest absolute Gasteiger partial charge is 0.480 e. The summed E-state index contributed by atoms with van der Waals surface area (Å²) in [5.74, 6) is -2.34. The van der Waals surface area contributed by atoms with Crippen LogP contribution in [0.1, 0.15) is 11.6 Å². The van der Waals surface area contributed by atoms with Crippen molar-refractivity contribution in [2.75, 3.05) is 91.6 Å². The lowest BCUT2D eigenvalue weighted by molar-refractivity contribution is -0.392. The van der Waals surface area contributed by atoms with Crippen molar-refractivity contribution >= 4 is 35.4 Å². The molecule has 2 amide bonds. The fourth-order valence-electron chi connectivity index (χ4n) is 5.48. The van der Waals surface area contributed by atoms with Crippen LogP contribution in [0.4, 0.5) is 11.6 Å². The van der Waals surface area contributed by atoms with Crippen molar-refractivity contribution in [3.63, 3.8) is 0 Å². The van der Waals surface area contributed by atoms with Crippen LogP contribution in [0.3, 0.4) is 0 Å². The molecule has 0 saturated carbocycles. The molecule has 0 aliphatic carbocycles. The number of rotatable bonds is 16. The van der Waals surface area contributed by atoms with Crippen molar-refractivity contribution in [2.45, 2.75) is 26.9 Å². The first kappa shape index (κ1) is 39.4. The molecule has 0 bridgehead atoms. The Hall–Kier alpha value is -5.06. The highest BCUT2D eigenvalue weighted by atomic mass is 16.6. The van der Waals surface area contributed by atoms with E-state index in [-0.39, 0.29) is 128 Å². The van der Waals surface area contributed by atoms with E-state index in [1.807, 2.05) is 0 Å².